The van der Waals surface area contributed by atoms with E-state index in [0.717, 1.165) is 0 Å². The first kappa shape index (κ1) is 17.0. The molecule has 1 aromatic carbocycles. The molecule has 6 nitrogen and oxygen atoms in total. The van der Waals surface area contributed by atoms with Gasteiger partial charge in [-0.3, -0.25) is 0 Å². The van der Waals surface area contributed by atoms with Gasteiger partial charge in [-0.1, -0.05) is 12.1 Å². The van der Waals surface area contributed by atoms with Crippen molar-refractivity contribution >= 4 is 0 Å². The number of hydrogen-bond acceptors (Lipinski definition) is 6. The number of aliphatic hydroxyl groups excluding tert-OH is 1. The van der Waals surface area contributed by atoms with E-state index in [-0.39, 0.29) is 12.7 Å². The van der Waals surface area contributed by atoms with Crippen LogP contribution in [0.1, 0.15) is 6.42 Å². The lowest BCUT2D eigenvalue weighted by Crippen LogP contribution is -2.25. The summed E-state index contributed by atoms with van der Waals surface area (Å²) in [5.74, 6) is 1.32. The van der Waals surface area contributed by atoms with E-state index in [0.29, 0.717) is 64.2 Å². The van der Waals surface area contributed by atoms with E-state index in [9.17, 15) is 0 Å². The molecule has 0 aromatic heterocycles. The Labute approximate surface area is 130 Å². The van der Waals surface area contributed by atoms with Gasteiger partial charge in [-0.2, -0.15) is 0 Å². The highest BCUT2D eigenvalue weighted by Crippen LogP contribution is 2.28. The van der Waals surface area contributed by atoms with Crippen LogP contribution in [0.3, 0.4) is 0 Å². The summed E-state index contributed by atoms with van der Waals surface area (Å²) in [5.41, 5.74) is 0. The summed E-state index contributed by atoms with van der Waals surface area (Å²) < 4.78 is 28.0. The zero-order valence-electron chi connectivity index (χ0n) is 12.7. The second kappa shape index (κ2) is 10.4. The number of aliphatic hydroxyl groups is 1. The summed E-state index contributed by atoms with van der Waals surface area (Å²) >= 11 is 0. The third-order valence-electron chi connectivity index (χ3n) is 3.13. The van der Waals surface area contributed by atoms with Crippen LogP contribution in [-0.2, 0) is 14.2 Å². The molecule has 0 bridgehead atoms. The number of rotatable bonds is 2. The predicted octanol–water partition coefficient (Wildman–Crippen LogP) is 1.26. The predicted molar refractivity (Wildman–Crippen MR) is 80.5 cm³/mol. The number of ether oxygens (including phenoxy) is 5. The van der Waals surface area contributed by atoms with Crippen molar-refractivity contribution in [2.45, 2.75) is 12.5 Å². The molecule has 0 spiro atoms. The maximum atomic E-state index is 9.17. The second-order valence-corrected chi connectivity index (χ2v) is 4.85. The van der Waals surface area contributed by atoms with Gasteiger partial charge < -0.3 is 28.8 Å². The van der Waals surface area contributed by atoms with Crippen LogP contribution in [0.25, 0.3) is 0 Å². The smallest absolute Gasteiger partial charge is 0.161 e. The van der Waals surface area contributed by atoms with Crippen LogP contribution >= 0.6 is 0 Å². The van der Waals surface area contributed by atoms with Gasteiger partial charge in [-0.25, -0.2) is 0 Å². The molecule has 1 aromatic rings. The molecule has 0 radical (unpaired) electrons. The van der Waals surface area contributed by atoms with Crippen molar-refractivity contribution < 1.29 is 28.8 Å². The number of hydrogen-bond donors (Lipinski definition) is 1. The fraction of sp³-hybridized carbons (Fsp3) is 0.625. The summed E-state index contributed by atoms with van der Waals surface area (Å²) in [6.07, 6.45) is 0.273. The lowest BCUT2D eigenvalue weighted by molar-refractivity contribution is -0.00800. The maximum absolute atomic E-state index is 9.17. The third-order valence-corrected chi connectivity index (χ3v) is 3.13. The Hall–Kier alpha value is -1.34. The largest absolute Gasteiger partial charge is 0.487 e. The van der Waals surface area contributed by atoms with Crippen molar-refractivity contribution in [1.82, 2.24) is 0 Å². The van der Waals surface area contributed by atoms with E-state index in [4.69, 9.17) is 28.8 Å². The number of para-hydroxylation sites is 2. The van der Waals surface area contributed by atoms with Crippen molar-refractivity contribution in [3.8, 4) is 11.5 Å². The van der Waals surface area contributed by atoms with E-state index in [1.807, 2.05) is 24.3 Å². The quantitative estimate of drug-likeness (QED) is 0.887. The normalized spacial score (nSPS) is 21.6. The molecule has 6 heteroatoms. The SMILES string of the molecule is OCCC1COCCOCCOCCOc2ccccc2O1. The lowest BCUT2D eigenvalue weighted by Gasteiger charge is -2.20. The van der Waals surface area contributed by atoms with E-state index in [1.54, 1.807) is 0 Å². The molecular weight excluding hydrogens is 288 g/mol. The fourth-order valence-corrected chi connectivity index (χ4v) is 2.03. The summed E-state index contributed by atoms with van der Waals surface area (Å²) in [6, 6.07) is 7.48. The number of benzene rings is 1. The average molecular weight is 312 g/mol. The van der Waals surface area contributed by atoms with Crippen molar-refractivity contribution in [1.29, 1.82) is 0 Å². The summed E-state index contributed by atoms with van der Waals surface area (Å²) in [7, 11) is 0. The van der Waals surface area contributed by atoms with Gasteiger partial charge in [-0.05, 0) is 12.1 Å². The van der Waals surface area contributed by atoms with Gasteiger partial charge in [0.05, 0.1) is 39.6 Å². The van der Waals surface area contributed by atoms with Gasteiger partial charge in [0.25, 0.3) is 0 Å². The van der Waals surface area contributed by atoms with Crippen LogP contribution in [0.4, 0.5) is 0 Å². The minimum Gasteiger partial charge on any atom is -0.487 e. The van der Waals surface area contributed by atoms with E-state index in [1.165, 1.54) is 0 Å². The van der Waals surface area contributed by atoms with Crippen LogP contribution in [0.2, 0.25) is 0 Å². The van der Waals surface area contributed by atoms with Gasteiger partial charge >= 0.3 is 0 Å². The molecule has 2 rings (SSSR count). The van der Waals surface area contributed by atoms with Crippen molar-refractivity contribution in [3.05, 3.63) is 24.3 Å². The summed E-state index contributed by atoms with van der Waals surface area (Å²) in [4.78, 5) is 0. The van der Waals surface area contributed by atoms with Crippen LogP contribution < -0.4 is 9.47 Å². The van der Waals surface area contributed by atoms with E-state index in [2.05, 4.69) is 0 Å². The van der Waals surface area contributed by atoms with Crippen molar-refractivity contribution in [3.63, 3.8) is 0 Å². The first-order valence-electron chi connectivity index (χ1n) is 7.62. The first-order valence-corrected chi connectivity index (χ1v) is 7.62. The molecule has 0 fully saturated rings. The molecular formula is C16H24O6. The molecule has 124 valence electrons. The highest BCUT2D eigenvalue weighted by atomic mass is 16.6. The zero-order valence-corrected chi connectivity index (χ0v) is 12.7. The van der Waals surface area contributed by atoms with Gasteiger partial charge in [-0.15, -0.1) is 0 Å². The van der Waals surface area contributed by atoms with Crippen LogP contribution in [0, 0.1) is 0 Å². The van der Waals surface area contributed by atoms with Gasteiger partial charge in [0.2, 0.25) is 0 Å². The molecule has 1 N–H and O–H groups in total. The topological polar surface area (TPSA) is 66.4 Å². The maximum Gasteiger partial charge on any atom is 0.161 e. The molecule has 1 aliphatic rings. The average Bonchev–Trinajstić information content (AvgIpc) is 2.54. The van der Waals surface area contributed by atoms with Crippen molar-refractivity contribution in [2.24, 2.45) is 0 Å². The minimum absolute atomic E-state index is 0.0430. The van der Waals surface area contributed by atoms with Gasteiger partial charge in [0, 0.05) is 13.0 Å². The third kappa shape index (κ3) is 6.19. The Kier molecular flexibility index (Phi) is 8.04. The van der Waals surface area contributed by atoms with Crippen LogP contribution in [0.5, 0.6) is 11.5 Å². The Morgan fingerprint density at radius 1 is 0.864 bits per heavy atom. The Balaban J connectivity index is 2.00. The highest BCUT2D eigenvalue weighted by molar-refractivity contribution is 5.39. The molecule has 1 atom stereocenters. The first-order chi connectivity index (χ1) is 10.9. The van der Waals surface area contributed by atoms with Gasteiger partial charge in [0.1, 0.15) is 12.7 Å². The van der Waals surface area contributed by atoms with Gasteiger partial charge in [0.15, 0.2) is 11.5 Å². The van der Waals surface area contributed by atoms with Crippen LogP contribution in [-0.4, -0.2) is 64.1 Å². The second-order valence-electron chi connectivity index (χ2n) is 4.85. The Bertz CT molecular complexity index is 411. The molecule has 0 saturated carbocycles. The number of fused-ring (bicyclic) bond motifs is 1. The minimum atomic E-state index is -0.226. The molecule has 0 amide bonds. The molecule has 22 heavy (non-hydrogen) atoms. The lowest BCUT2D eigenvalue weighted by atomic mass is 10.2. The van der Waals surface area contributed by atoms with E-state index < -0.39 is 0 Å². The molecule has 1 unspecified atom stereocenters. The molecule has 1 heterocycles. The molecule has 1 aliphatic heterocycles. The molecule has 0 saturated heterocycles. The Morgan fingerprint density at radius 2 is 1.50 bits per heavy atom. The molecule has 0 aliphatic carbocycles. The van der Waals surface area contributed by atoms with Crippen molar-refractivity contribution in [2.75, 3.05) is 52.9 Å². The van der Waals surface area contributed by atoms with Crippen LogP contribution in [0.15, 0.2) is 24.3 Å². The summed E-state index contributed by atoms with van der Waals surface area (Å²) in [5, 5.41) is 9.17. The fourth-order valence-electron chi connectivity index (χ4n) is 2.03. The van der Waals surface area contributed by atoms with E-state index >= 15 is 0 Å². The summed E-state index contributed by atoms with van der Waals surface area (Å²) in [6.45, 7) is 3.46. The highest BCUT2D eigenvalue weighted by Gasteiger charge is 2.14. The Morgan fingerprint density at radius 3 is 2.23 bits per heavy atom. The standard InChI is InChI=1S/C16H24O6/c17-6-5-14-13-20-10-9-18-7-8-19-11-12-21-15-3-1-2-4-16(15)22-14/h1-4,14,17H,5-13H2. The monoisotopic (exact) mass is 312 g/mol. The zero-order chi connectivity index (χ0) is 15.5.